The average Bonchev–Trinajstić information content (AvgIpc) is 2.58. The van der Waals surface area contributed by atoms with Crippen molar-refractivity contribution in [2.75, 3.05) is 0 Å². The summed E-state index contributed by atoms with van der Waals surface area (Å²) in [5.74, 6) is -0.918. The second kappa shape index (κ2) is 4.73. The van der Waals surface area contributed by atoms with Gasteiger partial charge in [0.05, 0.1) is 10.3 Å². The number of rotatable bonds is 4. The topological polar surface area (TPSA) is 49.3 Å². The Balaban J connectivity index is 1.93. The fraction of sp³-hybridized carbons (Fsp3) is 0.545. The van der Waals surface area contributed by atoms with Gasteiger partial charge >= 0.3 is 5.97 Å². The summed E-state index contributed by atoms with van der Waals surface area (Å²) in [7, 11) is 0. The molecular weight excluding hydrogens is 246 g/mol. The van der Waals surface area contributed by atoms with E-state index in [1.165, 1.54) is 11.3 Å². The molecule has 1 saturated carbocycles. The van der Waals surface area contributed by atoms with Gasteiger partial charge in [-0.05, 0) is 31.9 Å². The van der Waals surface area contributed by atoms with Gasteiger partial charge in [-0.2, -0.15) is 0 Å². The lowest BCUT2D eigenvalue weighted by Gasteiger charge is -2.36. The smallest absolute Gasteiger partial charge is 0.308 e. The molecule has 1 aromatic rings. The molecule has 16 heavy (non-hydrogen) atoms. The SMILES string of the molecule is CC(NC1CCC1C(=O)O)c1ccc(Cl)s1. The third kappa shape index (κ3) is 2.39. The second-order valence-corrected chi connectivity index (χ2v) is 5.91. The molecule has 0 spiro atoms. The Bertz CT molecular complexity index is 393. The van der Waals surface area contributed by atoms with Crippen molar-refractivity contribution in [3.05, 3.63) is 21.3 Å². The van der Waals surface area contributed by atoms with Crippen LogP contribution in [0.15, 0.2) is 12.1 Å². The second-order valence-electron chi connectivity index (χ2n) is 4.16. The van der Waals surface area contributed by atoms with E-state index >= 15 is 0 Å². The third-order valence-electron chi connectivity index (χ3n) is 3.08. The summed E-state index contributed by atoms with van der Waals surface area (Å²) in [5.41, 5.74) is 0. The average molecular weight is 260 g/mol. The molecule has 1 aliphatic carbocycles. The van der Waals surface area contributed by atoms with E-state index in [1.807, 2.05) is 19.1 Å². The number of aliphatic carboxylic acids is 1. The van der Waals surface area contributed by atoms with E-state index in [9.17, 15) is 4.79 Å². The van der Waals surface area contributed by atoms with Crippen LogP contribution in [0.2, 0.25) is 4.34 Å². The van der Waals surface area contributed by atoms with Crippen molar-refractivity contribution in [2.24, 2.45) is 5.92 Å². The Morgan fingerprint density at radius 3 is 2.81 bits per heavy atom. The van der Waals surface area contributed by atoms with E-state index in [2.05, 4.69) is 5.32 Å². The minimum absolute atomic E-state index is 0.105. The maximum absolute atomic E-state index is 10.9. The highest BCUT2D eigenvalue weighted by Crippen LogP contribution is 2.32. The standard InChI is InChI=1S/C11H14ClNO2S/c1-6(9-4-5-10(12)16-9)13-8-3-2-7(8)11(14)15/h4-8,13H,2-3H2,1H3,(H,14,15). The summed E-state index contributed by atoms with van der Waals surface area (Å²) < 4.78 is 0.770. The van der Waals surface area contributed by atoms with Gasteiger partial charge in [-0.15, -0.1) is 11.3 Å². The molecule has 88 valence electrons. The summed E-state index contributed by atoms with van der Waals surface area (Å²) in [5, 5.41) is 12.3. The van der Waals surface area contributed by atoms with Crippen LogP contribution in [0.25, 0.3) is 0 Å². The summed E-state index contributed by atoms with van der Waals surface area (Å²) in [4.78, 5) is 12.0. The van der Waals surface area contributed by atoms with Crippen LogP contribution < -0.4 is 5.32 Å². The molecule has 0 saturated heterocycles. The number of hydrogen-bond acceptors (Lipinski definition) is 3. The fourth-order valence-electron chi connectivity index (χ4n) is 1.96. The first-order chi connectivity index (χ1) is 7.58. The summed E-state index contributed by atoms with van der Waals surface area (Å²) in [6.07, 6.45) is 1.73. The quantitative estimate of drug-likeness (QED) is 0.874. The van der Waals surface area contributed by atoms with Gasteiger partial charge in [0.2, 0.25) is 0 Å². The Hall–Kier alpha value is -0.580. The molecule has 5 heteroatoms. The monoisotopic (exact) mass is 259 g/mol. The van der Waals surface area contributed by atoms with E-state index in [0.717, 1.165) is 22.1 Å². The minimum Gasteiger partial charge on any atom is -0.481 e. The number of carboxylic acid groups (broad SMARTS) is 1. The normalized spacial score (nSPS) is 26.1. The molecule has 1 fully saturated rings. The number of carbonyl (C=O) groups is 1. The van der Waals surface area contributed by atoms with E-state index in [4.69, 9.17) is 16.7 Å². The van der Waals surface area contributed by atoms with Crippen LogP contribution in [-0.2, 0) is 4.79 Å². The van der Waals surface area contributed by atoms with Crippen LogP contribution in [0.1, 0.15) is 30.7 Å². The van der Waals surface area contributed by atoms with Crippen LogP contribution in [0.5, 0.6) is 0 Å². The number of hydrogen-bond donors (Lipinski definition) is 2. The number of carboxylic acids is 1. The first kappa shape index (κ1) is 11.9. The Morgan fingerprint density at radius 1 is 1.62 bits per heavy atom. The third-order valence-corrected chi connectivity index (χ3v) is 4.49. The molecule has 0 aliphatic heterocycles. The van der Waals surface area contributed by atoms with Gasteiger partial charge in [0.25, 0.3) is 0 Å². The van der Waals surface area contributed by atoms with Gasteiger partial charge in [0, 0.05) is 17.0 Å². The first-order valence-electron chi connectivity index (χ1n) is 5.32. The van der Waals surface area contributed by atoms with E-state index in [-0.39, 0.29) is 18.0 Å². The summed E-state index contributed by atoms with van der Waals surface area (Å²) >= 11 is 7.40. The highest BCUT2D eigenvalue weighted by Gasteiger charge is 2.37. The lowest BCUT2D eigenvalue weighted by atomic mass is 9.79. The Labute approximate surface area is 103 Å². The first-order valence-corrected chi connectivity index (χ1v) is 6.51. The lowest BCUT2D eigenvalue weighted by Crippen LogP contribution is -2.48. The largest absolute Gasteiger partial charge is 0.481 e. The number of thiophene rings is 1. The highest BCUT2D eigenvalue weighted by molar-refractivity contribution is 7.16. The number of nitrogens with one attached hydrogen (secondary N) is 1. The molecule has 3 unspecified atom stereocenters. The van der Waals surface area contributed by atoms with Crippen molar-refractivity contribution in [3.63, 3.8) is 0 Å². The van der Waals surface area contributed by atoms with Gasteiger partial charge in [-0.25, -0.2) is 0 Å². The molecular formula is C11H14ClNO2S. The van der Waals surface area contributed by atoms with E-state index < -0.39 is 5.97 Å². The number of halogens is 1. The van der Waals surface area contributed by atoms with Crippen molar-refractivity contribution >= 4 is 28.9 Å². The predicted octanol–water partition coefficient (Wildman–Crippen LogP) is 2.92. The predicted molar refractivity (Wildman–Crippen MR) is 65.0 cm³/mol. The molecule has 2 N–H and O–H groups in total. The molecule has 0 amide bonds. The molecule has 2 rings (SSSR count). The zero-order valence-electron chi connectivity index (χ0n) is 8.94. The zero-order valence-corrected chi connectivity index (χ0v) is 10.5. The summed E-state index contributed by atoms with van der Waals surface area (Å²) in [6, 6.07) is 4.13. The maximum atomic E-state index is 10.9. The van der Waals surface area contributed by atoms with Crippen LogP contribution in [0.4, 0.5) is 0 Å². The van der Waals surface area contributed by atoms with Crippen molar-refractivity contribution in [1.82, 2.24) is 5.32 Å². The van der Waals surface area contributed by atoms with Crippen molar-refractivity contribution in [2.45, 2.75) is 31.8 Å². The van der Waals surface area contributed by atoms with Crippen LogP contribution in [-0.4, -0.2) is 17.1 Å². The van der Waals surface area contributed by atoms with Gasteiger partial charge in [-0.3, -0.25) is 4.79 Å². The van der Waals surface area contributed by atoms with Gasteiger partial charge in [0.1, 0.15) is 0 Å². The highest BCUT2D eigenvalue weighted by atomic mass is 35.5. The lowest BCUT2D eigenvalue weighted by molar-refractivity contribution is -0.146. The molecule has 3 nitrogen and oxygen atoms in total. The van der Waals surface area contributed by atoms with Crippen molar-refractivity contribution < 1.29 is 9.90 Å². The van der Waals surface area contributed by atoms with E-state index in [1.54, 1.807) is 0 Å². The van der Waals surface area contributed by atoms with Gasteiger partial charge in [0.15, 0.2) is 0 Å². The molecule has 3 atom stereocenters. The molecule has 1 aliphatic rings. The van der Waals surface area contributed by atoms with Crippen molar-refractivity contribution in [1.29, 1.82) is 0 Å². The van der Waals surface area contributed by atoms with Crippen molar-refractivity contribution in [3.8, 4) is 0 Å². The van der Waals surface area contributed by atoms with E-state index in [0.29, 0.717) is 0 Å². The minimum atomic E-state index is -0.694. The van der Waals surface area contributed by atoms with Crippen LogP contribution >= 0.6 is 22.9 Å². The molecule has 1 heterocycles. The van der Waals surface area contributed by atoms with Crippen LogP contribution in [0, 0.1) is 5.92 Å². The maximum Gasteiger partial charge on any atom is 0.308 e. The Morgan fingerprint density at radius 2 is 2.38 bits per heavy atom. The summed E-state index contributed by atoms with van der Waals surface area (Å²) in [6.45, 7) is 2.04. The Kier molecular flexibility index (Phi) is 3.52. The molecule has 0 radical (unpaired) electrons. The van der Waals surface area contributed by atoms with Gasteiger partial charge in [-0.1, -0.05) is 11.6 Å². The molecule has 1 aromatic heterocycles. The molecule has 0 aromatic carbocycles. The fourth-order valence-corrected chi connectivity index (χ4v) is 3.03. The molecule has 0 bridgehead atoms. The zero-order chi connectivity index (χ0) is 11.7. The van der Waals surface area contributed by atoms with Gasteiger partial charge < -0.3 is 10.4 Å². The van der Waals surface area contributed by atoms with Crippen LogP contribution in [0.3, 0.4) is 0 Å².